The zero-order valence-electron chi connectivity index (χ0n) is 43.2. The first-order valence-electron chi connectivity index (χ1n) is 25.3. The number of hydrogen-bond donors (Lipinski definition) is 2. The summed E-state index contributed by atoms with van der Waals surface area (Å²) in [5.41, 5.74) is 9.22. The molecule has 2 saturated heterocycles. The van der Waals surface area contributed by atoms with Crippen molar-refractivity contribution >= 4 is 85.7 Å². The van der Waals surface area contributed by atoms with Crippen molar-refractivity contribution in [3.63, 3.8) is 0 Å². The summed E-state index contributed by atoms with van der Waals surface area (Å²) in [4.78, 5) is 57.7. The van der Waals surface area contributed by atoms with Gasteiger partial charge in [0.2, 0.25) is 0 Å². The summed E-state index contributed by atoms with van der Waals surface area (Å²) in [5, 5.41) is 28.4. The van der Waals surface area contributed by atoms with E-state index in [2.05, 4.69) is 56.5 Å². The number of urea groups is 2. The number of amides is 4. The average molecular weight is 1090 g/mol. The van der Waals surface area contributed by atoms with Crippen LogP contribution in [0.5, 0.6) is 0 Å². The molecule has 6 aromatic carbocycles. The lowest BCUT2D eigenvalue weighted by Gasteiger charge is -2.33. The molecular weight excluding hydrogens is 1030 g/mol. The second-order valence-corrected chi connectivity index (χ2v) is 19.7. The Labute approximate surface area is 451 Å². The highest BCUT2D eigenvalue weighted by Gasteiger charge is 2.26. The Bertz CT molecular complexity index is 3250. The van der Waals surface area contributed by atoms with Crippen molar-refractivity contribution < 1.29 is 38.7 Å². The molecule has 4 heterocycles. The van der Waals surface area contributed by atoms with E-state index in [9.17, 15) is 19.2 Å². The first kappa shape index (κ1) is 54.5. The van der Waals surface area contributed by atoms with Gasteiger partial charge in [0.15, 0.2) is 0 Å². The second kappa shape index (κ2) is 25.6. The van der Waals surface area contributed by atoms with Gasteiger partial charge in [-0.25, -0.2) is 19.2 Å². The number of anilines is 2. The minimum absolute atomic E-state index is 0.01000. The summed E-state index contributed by atoms with van der Waals surface area (Å²) in [6.45, 7) is 4.01. The highest BCUT2D eigenvalue weighted by molar-refractivity contribution is 9.10. The van der Waals surface area contributed by atoms with Crippen LogP contribution < -0.4 is 15.3 Å². The van der Waals surface area contributed by atoms with Crippen LogP contribution in [-0.2, 0) is 36.7 Å². The topological polar surface area (TPSA) is 176 Å². The molecule has 0 spiro atoms. The quantitative estimate of drug-likeness (QED) is 0.0991. The maximum absolute atomic E-state index is 13.6. The number of carbonyl (C=O) groups is 4. The van der Waals surface area contributed by atoms with Crippen molar-refractivity contribution in [1.82, 2.24) is 29.4 Å². The van der Waals surface area contributed by atoms with Gasteiger partial charge in [-0.15, -0.1) is 0 Å². The highest BCUT2D eigenvalue weighted by Crippen LogP contribution is 2.29. The number of hydrogen-bond acceptors (Lipinski definition) is 10. The van der Waals surface area contributed by atoms with Gasteiger partial charge in [0.25, 0.3) is 0 Å². The Morgan fingerprint density at radius 3 is 1.38 bits per heavy atom. The number of methoxy groups -OCH3 is 2. The zero-order valence-corrected chi connectivity index (χ0v) is 44.8. The normalized spacial score (nSPS) is 13.2. The molecule has 8 aromatic rings. The Balaban J connectivity index is 0.000000167. The lowest BCUT2D eigenvalue weighted by molar-refractivity contribution is 0.0592. The number of carbonyl (C=O) groups excluding carboxylic acids is 4. The van der Waals surface area contributed by atoms with Gasteiger partial charge in [-0.3, -0.25) is 19.2 Å². The van der Waals surface area contributed by atoms with Crippen molar-refractivity contribution in [1.29, 1.82) is 0 Å². The fourth-order valence-corrected chi connectivity index (χ4v) is 9.51. The zero-order chi connectivity index (χ0) is 53.7. The number of fused-ring (bicyclic) bond motifs is 2. The van der Waals surface area contributed by atoms with E-state index in [0.29, 0.717) is 29.7 Å². The highest BCUT2D eigenvalue weighted by atomic mass is 79.9. The number of halogens is 1. The van der Waals surface area contributed by atoms with Crippen LogP contribution in [0.15, 0.2) is 150 Å². The van der Waals surface area contributed by atoms with E-state index in [1.54, 1.807) is 52.2 Å². The molecule has 0 unspecified atom stereocenters. The van der Waals surface area contributed by atoms with Crippen LogP contribution in [0.4, 0.5) is 21.0 Å². The first-order chi connectivity index (χ1) is 36.8. The van der Waals surface area contributed by atoms with Crippen LogP contribution >= 0.6 is 15.9 Å². The maximum atomic E-state index is 13.6. The van der Waals surface area contributed by atoms with Gasteiger partial charge in [0.05, 0.1) is 61.9 Å². The number of benzene rings is 6. The maximum Gasteiger partial charge on any atom is 0.488 e. The molecule has 2 aliphatic heterocycles. The number of aryl methyl sites for hydroxylation is 2. The van der Waals surface area contributed by atoms with Crippen LogP contribution in [0, 0.1) is 0 Å². The molecule has 16 nitrogen and oxygen atoms in total. The number of nitrogens with zero attached hydrogens (tertiary/aromatic N) is 8. The van der Waals surface area contributed by atoms with Crippen molar-refractivity contribution in [2.24, 2.45) is 14.1 Å². The monoisotopic (exact) mass is 1090 g/mol. The van der Waals surface area contributed by atoms with Crippen LogP contribution in [-0.4, -0.2) is 111 Å². The van der Waals surface area contributed by atoms with E-state index in [1.165, 1.54) is 20.6 Å². The number of likely N-dealkylation sites (tertiary alicyclic amines) is 2. The van der Waals surface area contributed by atoms with E-state index in [1.807, 2.05) is 106 Å². The summed E-state index contributed by atoms with van der Waals surface area (Å²) in [5.74, 6) is -0.738. The van der Waals surface area contributed by atoms with Gasteiger partial charge >= 0.3 is 31.1 Å². The van der Waals surface area contributed by atoms with E-state index in [0.717, 1.165) is 118 Å². The van der Waals surface area contributed by atoms with E-state index in [4.69, 9.17) is 19.5 Å². The summed E-state index contributed by atoms with van der Waals surface area (Å²) >= 11 is 3.45. The molecule has 10 rings (SSSR count). The summed E-state index contributed by atoms with van der Waals surface area (Å²) < 4.78 is 14.1. The second-order valence-electron chi connectivity index (χ2n) is 18.7. The predicted molar refractivity (Wildman–Crippen MR) is 300 cm³/mol. The summed E-state index contributed by atoms with van der Waals surface area (Å²) in [7, 11) is 5.07. The van der Waals surface area contributed by atoms with E-state index >= 15 is 0 Å². The summed E-state index contributed by atoms with van der Waals surface area (Å²) in [6, 6.07) is 41.8. The van der Waals surface area contributed by atoms with Gasteiger partial charge in [0.1, 0.15) is 0 Å². The molecular formula is C58H62BBrN8O8. The number of aromatic nitrogens is 4. The molecule has 2 aromatic heterocycles. The van der Waals surface area contributed by atoms with Crippen LogP contribution in [0.25, 0.3) is 32.9 Å². The first-order valence-corrected chi connectivity index (χ1v) is 26.1. The van der Waals surface area contributed by atoms with Gasteiger partial charge < -0.3 is 29.3 Å². The van der Waals surface area contributed by atoms with E-state index in [-0.39, 0.29) is 24.0 Å². The standard InChI is InChI=1S/C29H30N4O3.C21H23BrN2O3.C8H9BN2O2/c1-31-27-18-24(10-11-25(27)19-30-31)22-12-14-26(15-13-22)33(29(35)32-16-4-3-5-17-32)20-21-6-8-23(9-7-21)28(34)36-2;1-27-20(25)17-7-5-16(6-8-17)15-24(19-11-9-18(22)10-12-19)21(26)23-13-3-2-4-14-23;1-11-8-4-7(9(12)13)3-2-6(8)5-10-11/h6-15,18-19H,3-5,16-17,20H2,1-2H3;5-12H,2-4,13-15H2,1H3;2-5,12-13H,1H3. The SMILES string of the molecule is COC(=O)c1ccc(CN(C(=O)N2CCCCC2)c2ccc(-c3ccc4cnn(C)c4c3)cc2)cc1.COC(=O)c1ccc(CN(C(=O)N2CCCCC2)c2ccc(Br)cc2)cc1.Cn1ncc2ccc(B(O)O)cc21. The Morgan fingerprint density at radius 1 is 0.539 bits per heavy atom. The van der Waals surface area contributed by atoms with Crippen molar-refractivity contribution in [3.8, 4) is 11.1 Å². The van der Waals surface area contributed by atoms with E-state index < -0.39 is 7.12 Å². The molecule has 2 fully saturated rings. The third kappa shape index (κ3) is 13.5. The van der Waals surface area contributed by atoms with Crippen molar-refractivity contribution in [2.75, 3.05) is 50.2 Å². The van der Waals surface area contributed by atoms with Gasteiger partial charge in [-0.2, -0.15) is 10.2 Å². The third-order valence-corrected chi connectivity index (χ3v) is 14.1. The lowest BCUT2D eigenvalue weighted by Crippen LogP contribution is -2.45. The lowest BCUT2D eigenvalue weighted by atomic mass is 9.80. The Kier molecular flexibility index (Phi) is 18.4. The molecule has 76 heavy (non-hydrogen) atoms. The van der Waals surface area contributed by atoms with Crippen molar-refractivity contribution in [3.05, 3.63) is 173 Å². The number of esters is 2. The van der Waals surface area contributed by atoms with Crippen LogP contribution in [0.2, 0.25) is 0 Å². The Morgan fingerprint density at radius 2 is 0.947 bits per heavy atom. The minimum Gasteiger partial charge on any atom is -0.465 e. The van der Waals surface area contributed by atoms with Crippen LogP contribution in [0.1, 0.15) is 70.4 Å². The largest absolute Gasteiger partial charge is 0.488 e. The molecule has 392 valence electrons. The fraction of sp³-hybridized carbons (Fsp3) is 0.276. The molecule has 0 aliphatic carbocycles. The van der Waals surface area contributed by atoms with Crippen LogP contribution in [0.3, 0.4) is 0 Å². The number of rotatable bonds is 10. The number of piperidine rings is 2. The van der Waals surface area contributed by atoms with Crippen molar-refractivity contribution in [2.45, 2.75) is 51.6 Å². The van der Waals surface area contributed by atoms with Gasteiger partial charge in [0, 0.05) is 66.9 Å². The minimum atomic E-state index is -1.42. The molecule has 0 atom stereocenters. The molecule has 0 radical (unpaired) electrons. The number of ether oxygens (including phenoxy) is 2. The summed E-state index contributed by atoms with van der Waals surface area (Å²) in [6.07, 6.45) is 10.1. The average Bonchev–Trinajstić information content (AvgIpc) is 4.04. The van der Waals surface area contributed by atoms with Gasteiger partial charge in [-0.05, 0) is 139 Å². The smallest absolute Gasteiger partial charge is 0.465 e. The van der Waals surface area contributed by atoms with Gasteiger partial charge in [-0.1, -0.05) is 76.6 Å². The third-order valence-electron chi connectivity index (χ3n) is 13.6. The molecule has 2 N–H and O–H groups in total. The molecule has 0 bridgehead atoms. The molecule has 0 saturated carbocycles. The molecule has 18 heteroatoms. The molecule has 2 aliphatic rings. The Hall–Kier alpha value is -7.80. The fourth-order valence-electron chi connectivity index (χ4n) is 9.24. The molecule has 4 amide bonds. The predicted octanol–water partition coefficient (Wildman–Crippen LogP) is 9.74.